The quantitative estimate of drug-likeness (QED) is 0.562. The summed E-state index contributed by atoms with van der Waals surface area (Å²) >= 11 is 0. The van der Waals surface area contributed by atoms with E-state index in [2.05, 4.69) is 20.6 Å². The highest BCUT2D eigenvalue weighted by Crippen LogP contribution is 2.23. The van der Waals surface area contributed by atoms with Crippen LogP contribution < -0.4 is 10.1 Å². The first-order valence-electron chi connectivity index (χ1n) is 8.95. The maximum atomic E-state index is 13.1. The first-order chi connectivity index (χ1) is 14.0. The molecule has 0 bridgehead atoms. The molecular weight excluding hydrogens is 373 g/mol. The Kier molecular flexibility index (Phi) is 4.90. The van der Waals surface area contributed by atoms with E-state index in [9.17, 15) is 9.18 Å². The van der Waals surface area contributed by atoms with Crippen molar-refractivity contribution in [1.82, 2.24) is 20.0 Å². The van der Waals surface area contributed by atoms with Gasteiger partial charge in [-0.1, -0.05) is 35.5 Å². The summed E-state index contributed by atoms with van der Waals surface area (Å²) in [4.78, 5) is 17.3. The molecule has 0 aliphatic rings. The second-order valence-corrected chi connectivity index (χ2v) is 6.49. The molecule has 4 rings (SSSR count). The number of carbonyl (C=O) groups is 1. The minimum absolute atomic E-state index is 0.294. The Labute approximate surface area is 166 Å². The number of hydrogen-bond acceptors (Lipinski definition) is 5. The molecule has 2 aromatic heterocycles. The maximum Gasteiger partial charge on any atom is 0.257 e. The van der Waals surface area contributed by atoms with E-state index in [0.717, 1.165) is 5.56 Å². The van der Waals surface area contributed by atoms with Gasteiger partial charge in [-0.25, -0.2) is 14.1 Å². The molecule has 8 heteroatoms. The van der Waals surface area contributed by atoms with Crippen molar-refractivity contribution >= 4 is 22.6 Å². The molecule has 1 N–H and O–H groups in total. The Morgan fingerprint density at radius 1 is 1.17 bits per heavy atom. The van der Waals surface area contributed by atoms with E-state index in [4.69, 9.17) is 4.74 Å². The summed E-state index contributed by atoms with van der Waals surface area (Å²) in [6, 6.07) is 15.1. The third kappa shape index (κ3) is 3.77. The summed E-state index contributed by atoms with van der Waals surface area (Å²) in [7, 11) is 1.50. The van der Waals surface area contributed by atoms with Crippen molar-refractivity contribution in [3.8, 4) is 5.88 Å². The Morgan fingerprint density at radius 3 is 2.69 bits per heavy atom. The van der Waals surface area contributed by atoms with Crippen molar-refractivity contribution in [2.45, 2.75) is 13.5 Å². The van der Waals surface area contributed by atoms with Gasteiger partial charge in [-0.3, -0.25) is 4.79 Å². The first-order valence-corrected chi connectivity index (χ1v) is 8.95. The zero-order valence-corrected chi connectivity index (χ0v) is 15.9. The van der Waals surface area contributed by atoms with E-state index in [1.165, 1.54) is 19.2 Å². The van der Waals surface area contributed by atoms with E-state index in [0.29, 0.717) is 40.4 Å². The van der Waals surface area contributed by atoms with Gasteiger partial charge in [0, 0.05) is 11.5 Å². The third-order valence-corrected chi connectivity index (χ3v) is 4.61. The Bertz CT molecular complexity index is 1190. The maximum absolute atomic E-state index is 13.1. The number of halogens is 1. The molecule has 2 aromatic carbocycles. The minimum Gasteiger partial charge on any atom is -0.481 e. The normalized spacial score (nSPS) is 10.9. The van der Waals surface area contributed by atoms with Gasteiger partial charge in [0.15, 0.2) is 5.82 Å². The van der Waals surface area contributed by atoms with Gasteiger partial charge < -0.3 is 10.1 Å². The second-order valence-electron chi connectivity index (χ2n) is 6.49. The fourth-order valence-corrected chi connectivity index (χ4v) is 3.01. The van der Waals surface area contributed by atoms with Crippen LogP contribution in [0.2, 0.25) is 0 Å². The molecule has 2 heterocycles. The van der Waals surface area contributed by atoms with Crippen LogP contribution in [0.25, 0.3) is 10.9 Å². The number of anilines is 1. The molecule has 0 aliphatic carbocycles. The number of benzene rings is 2. The molecule has 0 saturated heterocycles. The fraction of sp³-hybridized carbons (Fsp3) is 0.143. The predicted octanol–water partition coefficient (Wildman–Crippen LogP) is 3.58. The van der Waals surface area contributed by atoms with E-state index in [-0.39, 0.29) is 11.7 Å². The van der Waals surface area contributed by atoms with E-state index < -0.39 is 0 Å². The number of methoxy groups -OCH3 is 1. The summed E-state index contributed by atoms with van der Waals surface area (Å²) in [5, 5.41) is 11.7. The lowest BCUT2D eigenvalue weighted by Crippen LogP contribution is -2.14. The molecular formula is C21H18FN5O2. The number of para-hydroxylation sites is 1. The monoisotopic (exact) mass is 391 g/mol. The minimum atomic E-state index is -0.334. The topological polar surface area (TPSA) is 81.9 Å². The van der Waals surface area contributed by atoms with Gasteiger partial charge in [-0.2, -0.15) is 0 Å². The van der Waals surface area contributed by atoms with Crippen molar-refractivity contribution in [3.05, 3.63) is 77.2 Å². The van der Waals surface area contributed by atoms with Gasteiger partial charge in [0.05, 0.1) is 30.4 Å². The molecule has 146 valence electrons. The molecule has 0 aliphatic heterocycles. The zero-order chi connectivity index (χ0) is 20.4. The zero-order valence-electron chi connectivity index (χ0n) is 15.9. The van der Waals surface area contributed by atoms with Gasteiger partial charge in [0.25, 0.3) is 5.91 Å². The highest BCUT2D eigenvalue weighted by molar-refractivity contribution is 6.12. The summed E-state index contributed by atoms with van der Waals surface area (Å²) in [5.74, 6) is 0.0818. The van der Waals surface area contributed by atoms with Gasteiger partial charge in [-0.05, 0) is 30.7 Å². The van der Waals surface area contributed by atoms with Crippen LogP contribution in [0.4, 0.5) is 10.2 Å². The van der Waals surface area contributed by atoms with Crippen LogP contribution in [0.3, 0.4) is 0 Å². The molecule has 1 amide bonds. The van der Waals surface area contributed by atoms with Gasteiger partial charge in [-0.15, -0.1) is 5.10 Å². The molecule has 0 atom stereocenters. The standard InChI is InChI=1S/C21H18FN5O2/c1-13-20(25-26-27(13)12-14-7-9-15(22)10-8-14)24-21(28)17-11-19(29-2)23-18-6-4-3-5-16(17)18/h3-11H,12H2,1-2H3,(H,24,28). The Morgan fingerprint density at radius 2 is 1.93 bits per heavy atom. The Balaban J connectivity index is 1.60. The number of carbonyl (C=O) groups excluding carboxylic acids is 1. The number of aromatic nitrogens is 4. The molecule has 0 radical (unpaired) electrons. The SMILES string of the molecule is COc1cc(C(=O)Nc2nnn(Cc3ccc(F)cc3)c2C)c2ccccc2n1. The number of rotatable bonds is 5. The highest BCUT2D eigenvalue weighted by atomic mass is 19.1. The average molecular weight is 391 g/mol. The van der Waals surface area contributed by atoms with E-state index in [1.54, 1.807) is 22.9 Å². The van der Waals surface area contributed by atoms with Crippen LogP contribution in [0.5, 0.6) is 5.88 Å². The van der Waals surface area contributed by atoms with Crippen molar-refractivity contribution in [2.24, 2.45) is 0 Å². The van der Waals surface area contributed by atoms with Crippen molar-refractivity contribution in [2.75, 3.05) is 12.4 Å². The average Bonchev–Trinajstić information content (AvgIpc) is 3.08. The van der Waals surface area contributed by atoms with Gasteiger partial charge in [0.1, 0.15) is 5.82 Å². The summed E-state index contributed by atoms with van der Waals surface area (Å²) in [6.45, 7) is 2.23. The number of ether oxygens (including phenoxy) is 1. The molecule has 7 nitrogen and oxygen atoms in total. The van der Waals surface area contributed by atoms with Crippen LogP contribution in [0.1, 0.15) is 21.6 Å². The Hall–Kier alpha value is -3.81. The lowest BCUT2D eigenvalue weighted by molar-refractivity contribution is 0.102. The predicted molar refractivity (Wildman–Crippen MR) is 107 cm³/mol. The van der Waals surface area contributed by atoms with Crippen LogP contribution >= 0.6 is 0 Å². The van der Waals surface area contributed by atoms with Crippen LogP contribution in [0, 0.1) is 12.7 Å². The van der Waals surface area contributed by atoms with E-state index in [1.807, 2.05) is 31.2 Å². The van der Waals surface area contributed by atoms with Crippen LogP contribution in [-0.4, -0.2) is 33.0 Å². The summed E-state index contributed by atoms with van der Waals surface area (Å²) in [5.41, 5.74) is 2.66. The number of amides is 1. The van der Waals surface area contributed by atoms with E-state index >= 15 is 0 Å². The molecule has 0 saturated carbocycles. The largest absolute Gasteiger partial charge is 0.481 e. The highest BCUT2D eigenvalue weighted by Gasteiger charge is 2.17. The number of pyridine rings is 1. The lowest BCUT2D eigenvalue weighted by Gasteiger charge is -2.09. The molecule has 0 fully saturated rings. The number of nitrogens with zero attached hydrogens (tertiary/aromatic N) is 4. The molecule has 0 spiro atoms. The smallest absolute Gasteiger partial charge is 0.257 e. The van der Waals surface area contributed by atoms with Gasteiger partial charge >= 0.3 is 0 Å². The van der Waals surface area contributed by atoms with Crippen LogP contribution in [0.15, 0.2) is 54.6 Å². The van der Waals surface area contributed by atoms with Crippen molar-refractivity contribution < 1.29 is 13.9 Å². The lowest BCUT2D eigenvalue weighted by atomic mass is 10.1. The molecule has 29 heavy (non-hydrogen) atoms. The van der Waals surface area contributed by atoms with Crippen molar-refractivity contribution in [3.63, 3.8) is 0 Å². The molecule has 0 unspecified atom stereocenters. The number of hydrogen-bond donors (Lipinski definition) is 1. The summed E-state index contributed by atoms with van der Waals surface area (Å²) < 4.78 is 19.9. The van der Waals surface area contributed by atoms with Crippen molar-refractivity contribution in [1.29, 1.82) is 0 Å². The third-order valence-electron chi connectivity index (χ3n) is 4.61. The summed E-state index contributed by atoms with van der Waals surface area (Å²) in [6.07, 6.45) is 0. The number of fused-ring (bicyclic) bond motifs is 1. The molecule has 4 aromatic rings. The van der Waals surface area contributed by atoms with Crippen LogP contribution in [-0.2, 0) is 6.54 Å². The number of nitrogens with one attached hydrogen (secondary N) is 1. The van der Waals surface area contributed by atoms with Gasteiger partial charge in [0.2, 0.25) is 5.88 Å². The fourth-order valence-electron chi connectivity index (χ4n) is 3.01. The first kappa shape index (κ1) is 18.5. The second kappa shape index (κ2) is 7.67.